The van der Waals surface area contributed by atoms with Crippen LogP contribution in [0.5, 0.6) is 0 Å². The van der Waals surface area contributed by atoms with Crippen molar-refractivity contribution >= 4 is 38.4 Å². The highest BCUT2D eigenvalue weighted by atomic mass is 35.5. The fourth-order valence-electron chi connectivity index (χ4n) is 2.10. The van der Waals surface area contributed by atoms with Crippen LogP contribution in [0.4, 0.5) is 5.69 Å². The van der Waals surface area contributed by atoms with Crippen molar-refractivity contribution in [1.29, 1.82) is 0 Å². The number of nitrogens with one attached hydrogen (secondary N) is 2. The lowest BCUT2D eigenvalue weighted by Crippen LogP contribution is -2.14. The zero-order valence-electron chi connectivity index (χ0n) is 11.4. The van der Waals surface area contributed by atoms with Gasteiger partial charge in [-0.1, -0.05) is 11.6 Å². The van der Waals surface area contributed by atoms with Gasteiger partial charge in [-0.3, -0.25) is 9.71 Å². The Morgan fingerprint density at radius 1 is 1.18 bits per heavy atom. The molecular weight excluding hydrogens is 328 g/mol. The number of hydrogen-bond donors (Lipinski definition) is 2. The SMILES string of the molecule is Cc1cc2[nH]c(=O)oc2cc1S(=O)(=O)Nc1ccc(Cl)cc1. The molecule has 0 bridgehead atoms. The van der Waals surface area contributed by atoms with Crippen LogP contribution in [-0.4, -0.2) is 13.4 Å². The van der Waals surface area contributed by atoms with Crippen molar-refractivity contribution in [3.8, 4) is 0 Å². The third kappa shape index (κ3) is 2.72. The molecule has 0 aliphatic heterocycles. The average molecular weight is 339 g/mol. The Hall–Kier alpha value is -2.25. The molecule has 2 aromatic carbocycles. The summed E-state index contributed by atoms with van der Waals surface area (Å²) in [6, 6.07) is 9.16. The standard InChI is InChI=1S/C14H11ClN2O4S/c1-8-6-11-12(21-14(18)16-11)7-13(8)22(19,20)17-10-4-2-9(15)3-5-10/h2-7,17H,1H3,(H,16,18). The number of oxazole rings is 1. The van der Waals surface area contributed by atoms with Crippen molar-refractivity contribution < 1.29 is 12.8 Å². The van der Waals surface area contributed by atoms with E-state index in [1.165, 1.54) is 6.07 Å². The minimum Gasteiger partial charge on any atom is -0.408 e. The fraction of sp³-hybridized carbons (Fsp3) is 0.0714. The monoisotopic (exact) mass is 338 g/mol. The largest absolute Gasteiger partial charge is 0.417 e. The van der Waals surface area contributed by atoms with Gasteiger partial charge in [0.1, 0.15) is 0 Å². The average Bonchev–Trinajstić information content (AvgIpc) is 2.79. The number of halogens is 1. The molecule has 0 aliphatic carbocycles. The second-order valence-electron chi connectivity index (χ2n) is 4.74. The maximum absolute atomic E-state index is 12.5. The zero-order chi connectivity index (χ0) is 15.9. The zero-order valence-corrected chi connectivity index (χ0v) is 13.0. The van der Waals surface area contributed by atoms with E-state index < -0.39 is 15.8 Å². The molecule has 0 amide bonds. The maximum Gasteiger partial charge on any atom is 0.417 e. The van der Waals surface area contributed by atoms with Crippen LogP contribution in [0.1, 0.15) is 5.56 Å². The van der Waals surface area contributed by atoms with Crippen LogP contribution in [0, 0.1) is 6.92 Å². The Labute approximate surface area is 130 Å². The summed E-state index contributed by atoms with van der Waals surface area (Å²) in [5.41, 5.74) is 1.52. The van der Waals surface area contributed by atoms with Gasteiger partial charge >= 0.3 is 5.76 Å². The first-order valence-corrected chi connectivity index (χ1v) is 8.13. The van der Waals surface area contributed by atoms with Crippen molar-refractivity contribution in [2.45, 2.75) is 11.8 Å². The molecule has 6 nitrogen and oxygen atoms in total. The summed E-state index contributed by atoms with van der Waals surface area (Å²) < 4.78 is 32.3. The number of benzene rings is 2. The van der Waals surface area contributed by atoms with Gasteiger partial charge in [-0.2, -0.15) is 0 Å². The Bertz CT molecular complexity index is 1000. The molecule has 0 saturated carbocycles. The molecule has 2 N–H and O–H groups in total. The smallest absolute Gasteiger partial charge is 0.408 e. The number of aryl methyl sites for hydroxylation is 1. The minimum atomic E-state index is -3.81. The Morgan fingerprint density at radius 2 is 1.86 bits per heavy atom. The predicted octanol–water partition coefficient (Wildman–Crippen LogP) is 2.88. The van der Waals surface area contributed by atoms with E-state index in [1.807, 2.05) is 0 Å². The lowest BCUT2D eigenvalue weighted by molar-refractivity contribution is 0.554. The highest BCUT2D eigenvalue weighted by Crippen LogP contribution is 2.24. The Balaban J connectivity index is 2.06. The van der Waals surface area contributed by atoms with Crippen LogP contribution < -0.4 is 10.5 Å². The van der Waals surface area contributed by atoms with E-state index in [1.54, 1.807) is 37.3 Å². The molecule has 1 aromatic heterocycles. The number of hydrogen-bond acceptors (Lipinski definition) is 4. The van der Waals surface area contributed by atoms with Gasteiger partial charge in [-0.15, -0.1) is 0 Å². The Kier molecular flexibility index (Phi) is 3.46. The van der Waals surface area contributed by atoms with E-state index in [0.717, 1.165) is 0 Å². The van der Waals surface area contributed by atoms with Crippen molar-refractivity contribution in [1.82, 2.24) is 4.98 Å². The number of sulfonamides is 1. The number of H-pyrrole nitrogens is 1. The van der Waals surface area contributed by atoms with Crippen molar-refractivity contribution in [3.05, 3.63) is 57.5 Å². The summed E-state index contributed by atoms with van der Waals surface area (Å²) in [5.74, 6) is -0.630. The quantitative estimate of drug-likeness (QED) is 0.768. The first-order chi connectivity index (χ1) is 10.3. The van der Waals surface area contributed by atoms with Gasteiger partial charge < -0.3 is 4.42 Å². The van der Waals surface area contributed by atoms with Crippen molar-refractivity contribution in [3.63, 3.8) is 0 Å². The summed E-state index contributed by atoms with van der Waals surface area (Å²) in [7, 11) is -3.81. The van der Waals surface area contributed by atoms with Crippen molar-refractivity contribution in [2.24, 2.45) is 0 Å². The summed E-state index contributed by atoms with van der Waals surface area (Å²) >= 11 is 5.77. The van der Waals surface area contributed by atoms with Gasteiger partial charge in [0, 0.05) is 16.8 Å². The number of aromatic nitrogens is 1. The lowest BCUT2D eigenvalue weighted by atomic mass is 10.2. The van der Waals surface area contributed by atoms with E-state index in [0.29, 0.717) is 21.8 Å². The molecule has 0 radical (unpaired) electrons. The maximum atomic E-state index is 12.5. The van der Waals surface area contributed by atoms with E-state index in [4.69, 9.17) is 16.0 Å². The lowest BCUT2D eigenvalue weighted by Gasteiger charge is -2.10. The summed E-state index contributed by atoms with van der Waals surface area (Å²) in [5, 5.41) is 0.509. The topological polar surface area (TPSA) is 92.2 Å². The molecule has 0 unspecified atom stereocenters. The Morgan fingerprint density at radius 3 is 2.55 bits per heavy atom. The van der Waals surface area contributed by atoms with Crippen molar-refractivity contribution in [2.75, 3.05) is 4.72 Å². The first kappa shape index (κ1) is 14.7. The van der Waals surface area contributed by atoms with Gasteiger partial charge in [-0.05, 0) is 42.8 Å². The summed E-state index contributed by atoms with van der Waals surface area (Å²) in [4.78, 5) is 13.7. The van der Waals surface area contributed by atoms with Crippen LogP contribution in [0.15, 0.2) is 50.5 Å². The van der Waals surface area contributed by atoms with Gasteiger partial charge in [0.05, 0.1) is 10.4 Å². The van der Waals surface area contributed by atoms with Gasteiger partial charge in [0.15, 0.2) is 5.58 Å². The van der Waals surface area contributed by atoms with E-state index >= 15 is 0 Å². The van der Waals surface area contributed by atoms with E-state index in [2.05, 4.69) is 9.71 Å². The molecule has 114 valence electrons. The van der Waals surface area contributed by atoms with Gasteiger partial charge in [-0.25, -0.2) is 13.2 Å². The minimum absolute atomic E-state index is 0.0395. The molecular formula is C14H11ClN2O4S. The molecule has 0 saturated heterocycles. The van der Waals surface area contributed by atoms with Crippen LogP contribution >= 0.6 is 11.6 Å². The summed E-state index contributed by atoms with van der Waals surface area (Å²) in [6.45, 7) is 1.64. The molecule has 3 rings (SSSR count). The predicted molar refractivity (Wildman–Crippen MR) is 83.8 cm³/mol. The van der Waals surface area contributed by atoms with E-state index in [9.17, 15) is 13.2 Å². The highest BCUT2D eigenvalue weighted by molar-refractivity contribution is 7.92. The normalized spacial score (nSPS) is 11.7. The third-order valence-corrected chi connectivity index (χ3v) is 4.88. The van der Waals surface area contributed by atoms with Gasteiger partial charge in [0.2, 0.25) is 0 Å². The first-order valence-electron chi connectivity index (χ1n) is 6.27. The molecule has 0 aliphatic rings. The number of fused-ring (bicyclic) bond motifs is 1. The molecule has 0 atom stereocenters. The van der Waals surface area contributed by atoms with Gasteiger partial charge in [0.25, 0.3) is 10.0 Å². The second kappa shape index (κ2) is 5.19. The molecule has 0 fully saturated rings. The molecule has 22 heavy (non-hydrogen) atoms. The highest BCUT2D eigenvalue weighted by Gasteiger charge is 2.19. The van der Waals surface area contributed by atoms with Crippen LogP contribution in [0.2, 0.25) is 5.02 Å². The van der Waals surface area contributed by atoms with Crippen LogP contribution in [0.3, 0.4) is 0 Å². The molecule has 0 spiro atoms. The molecule has 8 heteroatoms. The summed E-state index contributed by atoms with van der Waals surface area (Å²) in [6.07, 6.45) is 0. The van der Waals surface area contributed by atoms with Crippen LogP contribution in [0.25, 0.3) is 11.1 Å². The van der Waals surface area contributed by atoms with E-state index in [-0.39, 0.29) is 10.5 Å². The second-order valence-corrected chi connectivity index (χ2v) is 6.83. The van der Waals surface area contributed by atoms with Crippen LogP contribution in [-0.2, 0) is 10.0 Å². The number of rotatable bonds is 3. The number of anilines is 1. The molecule has 1 heterocycles. The fourth-order valence-corrected chi connectivity index (χ4v) is 3.53. The number of aromatic amines is 1. The molecule has 3 aromatic rings. The third-order valence-electron chi connectivity index (χ3n) is 3.10.